The Morgan fingerprint density at radius 2 is 1.35 bits per heavy atom. The van der Waals surface area contributed by atoms with Crippen molar-refractivity contribution < 1.29 is 27.0 Å². The zero-order valence-corrected chi connectivity index (χ0v) is 22.5. The van der Waals surface area contributed by atoms with Crippen molar-refractivity contribution in [1.82, 2.24) is 10.2 Å². The predicted molar refractivity (Wildman–Crippen MR) is 139 cm³/mol. The molecule has 0 atom stereocenters. The minimum absolute atomic E-state index is 0.0227. The molecule has 10 heteroatoms. The molecule has 0 N–H and O–H groups in total. The lowest BCUT2D eigenvalue weighted by Gasteiger charge is -2.23. The Balaban J connectivity index is 2.22. The Kier molecular flexibility index (Phi) is 7.30. The molecule has 4 rings (SSSR count). The number of aromatic nitrogens is 2. The molecule has 0 amide bonds. The van der Waals surface area contributed by atoms with Crippen LogP contribution in [-0.4, -0.2) is 32.5 Å². The van der Waals surface area contributed by atoms with Gasteiger partial charge in [0.15, 0.2) is 5.15 Å². The lowest BCUT2D eigenvalue weighted by atomic mass is 9.91. The molecule has 0 saturated heterocycles. The Morgan fingerprint density at radius 3 is 1.92 bits per heavy atom. The number of benzene rings is 3. The van der Waals surface area contributed by atoms with E-state index in [1.807, 2.05) is 0 Å². The molecule has 4 aromatic rings. The summed E-state index contributed by atoms with van der Waals surface area (Å²) in [4.78, 5) is 0. The van der Waals surface area contributed by atoms with Crippen LogP contribution in [0.3, 0.4) is 0 Å². The highest BCUT2D eigenvalue weighted by Gasteiger charge is 2.33. The fourth-order valence-electron chi connectivity index (χ4n) is 4.23. The SMILES string of the molecule is COc1cc(OC)cc(-c2c(-c3ccccc3F)nnc(Cl)c2-c2c(F)cc(F)c([Si](C)(C)C)c2F)c1. The van der Waals surface area contributed by atoms with Crippen molar-refractivity contribution in [2.24, 2.45) is 0 Å². The molecular formula is C27H23ClF4N2O2Si. The zero-order chi connectivity index (χ0) is 27.1. The van der Waals surface area contributed by atoms with Crippen LogP contribution in [0.5, 0.6) is 11.5 Å². The predicted octanol–water partition coefficient (Wildman–Crippen LogP) is 7.25. The van der Waals surface area contributed by atoms with Crippen LogP contribution in [0, 0.1) is 23.3 Å². The second-order valence-corrected chi connectivity index (χ2v) is 14.7. The molecule has 4 nitrogen and oxygen atoms in total. The maximum atomic E-state index is 16.1. The molecule has 0 fully saturated rings. The van der Waals surface area contributed by atoms with Gasteiger partial charge in [0, 0.05) is 34.0 Å². The normalized spacial score (nSPS) is 11.5. The van der Waals surface area contributed by atoms with Gasteiger partial charge < -0.3 is 9.47 Å². The van der Waals surface area contributed by atoms with Crippen molar-refractivity contribution in [2.45, 2.75) is 19.6 Å². The first-order valence-electron chi connectivity index (χ1n) is 11.2. The van der Waals surface area contributed by atoms with E-state index in [2.05, 4.69) is 10.2 Å². The summed E-state index contributed by atoms with van der Waals surface area (Å²) in [5.41, 5.74) is -0.372. The Bertz CT molecular complexity index is 1490. The van der Waals surface area contributed by atoms with E-state index in [-0.39, 0.29) is 32.7 Å². The molecule has 0 radical (unpaired) electrons. The molecule has 0 aliphatic carbocycles. The van der Waals surface area contributed by atoms with Crippen molar-refractivity contribution in [3.8, 4) is 45.0 Å². The highest BCUT2D eigenvalue weighted by molar-refractivity contribution is 6.88. The number of nitrogens with zero attached hydrogens (tertiary/aromatic N) is 2. The summed E-state index contributed by atoms with van der Waals surface area (Å²) in [6.07, 6.45) is 0. The third kappa shape index (κ3) is 4.93. The van der Waals surface area contributed by atoms with Gasteiger partial charge in [-0.3, -0.25) is 0 Å². The van der Waals surface area contributed by atoms with Crippen LogP contribution >= 0.6 is 11.6 Å². The summed E-state index contributed by atoms with van der Waals surface area (Å²) in [6.45, 7) is 5.21. The molecule has 1 heterocycles. The van der Waals surface area contributed by atoms with E-state index in [1.54, 1.807) is 43.9 Å². The van der Waals surface area contributed by atoms with Crippen molar-refractivity contribution >= 4 is 24.9 Å². The van der Waals surface area contributed by atoms with Gasteiger partial charge in [-0.1, -0.05) is 43.4 Å². The van der Waals surface area contributed by atoms with Gasteiger partial charge in [-0.05, 0) is 29.8 Å². The number of hydrogen-bond acceptors (Lipinski definition) is 4. The van der Waals surface area contributed by atoms with E-state index in [1.165, 1.54) is 32.4 Å². The van der Waals surface area contributed by atoms with Gasteiger partial charge in [-0.2, -0.15) is 0 Å². The van der Waals surface area contributed by atoms with Gasteiger partial charge in [0.25, 0.3) is 0 Å². The molecule has 0 spiro atoms. The molecule has 0 aliphatic heterocycles. The second-order valence-electron chi connectivity index (χ2n) is 9.32. The number of hydrogen-bond donors (Lipinski definition) is 0. The van der Waals surface area contributed by atoms with Crippen molar-refractivity contribution in [1.29, 1.82) is 0 Å². The van der Waals surface area contributed by atoms with Crippen LogP contribution in [0.1, 0.15) is 0 Å². The highest BCUT2D eigenvalue weighted by Crippen LogP contribution is 2.45. The van der Waals surface area contributed by atoms with Gasteiger partial charge >= 0.3 is 0 Å². The first-order valence-corrected chi connectivity index (χ1v) is 15.1. The molecular weight excluding hydrogens is 524 g/mol. The summed E-state index contributed by atoms with van der Waals surface area (Å²) in [7, 11) is 0.243. The molecule has 1 aromatic heterocycles. The summed E-state index contributed by atoms with van der Waals surface area (Å²) in [6, 6.07) is 11.2. The average molecular weight is 547 g/mol. The fraction of sp³-hybridized carbons (Fsp3) is 0.185. The first kappa shape index (κ1) is 26.6. The fourth-order valence-corrected chi connectivity index (χ4v) is 6.02. The third-order valence-electron chi connectivity index (χ3n) is 5.87. The zero-order valence-electron chi connectivity index (χ0n) is 20.7. The van der Waals surface area contributed by atoms with Gasteiger partial charge in [0.1, 0.15) is 40.5 Å². The van der Waals surface area contributed by atoms with Crippen LogP contribution in [0.4, 0.5) is 17.6 Å². The van der Waals surface area contributed by atoms with Crippen LogP contribution in [0.2, 0.25) is 24.8 Å². The van der Waals surface area contributed by atoms with Gasteiger partial charge in [-0.15, -0.1) is 10.2 Å². The van der Waals surface area contributed by atoms with E-state index in [4.69, 9.17) is 21.1 Å². The van der Waals surface area contributed by atoms with E-state index in [0.29, 0.717) is 23.1 Å². The Morgan fingerprint density at radius 1 is 0.730 bits per heavy atom. The minimum Gasteiger partial charge on any atom is -0.497 e. The number of methoxy groups -OCH3 is 2. The molecule has 3 aromatic carbocycles. The lowest BCUT2D eigenvalue weighted by Crippen LogP contribution is -2.43. The third-order valence-corrected chi connectivity index (χ3v) is 8.09. The van der Waals surface area contributed by atoms with Crippen molar-refractivity contribution in [3.63, 3.8) is 0 Å². The molecule has 0 bridgehead atoms. The van der Waals surface area contributed by atoms with Crippen molar-refractivity contribution in [3.05, 3.63) is 77.0 Å². The van der Waals surface area contributed by atoms with E-state index >= 15 is 8.78 Å². The van der Waals surface area contributed by atoms with Gasteiger partial charge in [-0.25, -0.2) is 17.6 Å². The minimum atomic E-state index is -2.64. The van der Waals surface area contributed by atoms with Crippen LogP contribution in [-0.2, 0) is 0 Å². The number of rotatable bonds is 6. The second kappa shape index (κ2) is 10.1. The molecule has 0 unspecified atom stereocenters. The van der Waals surface area contributed by atoms with Crippen LogP contribution < -0.4 is 14.7 Å². The monoisotopic (exact) mass is 546 g/mol. The Hall–Kier alpha value is -3.43. The number of ether oxygens (including phenoxy) is 2. The maximum absolute atomic E-state index is 16.1. The summed E-state index contributed by atoms with van der Waals surface area (Å²) < 4.78 is 72.1. The van der Waals surface area contributed by atoms with E-state index in [0.717, 1.165) is 0 Å². The number of halogens is 5. The van der Waals surface area contributed by atoms with E-state index in [9.17, 15) is 8.78 Å². The summed E-state index contributed by atoms with van der Waals surface area (Å²) in [5.74, 6) is -3.16. The Labute approximate surface area is 217 Å². The molecule has 0 saturated carbocycles. The smallest absolute Gasteiger partial charge is 0.160 e. The van der Waals surface area contributed by atoms with E-state index < -0.39 is 36.9 Å². The van der Waals surface area contributed by atoms with Gasteiger partial charge in [0.2, 0.25) is 0 Å². The standard InChI is InChI=1S/C27H23ClF4N2O2Si/c1-35-15-10-14(11-16(12-15)36-2)21-23(22-19(30)13-20(31)26(24(22)32)37(3,4)5)27(28)34-33-25(21)17-8-6-7-9-18(17)29/h6-13H,1-5H3. The largest absolute Gasteiger partial charge is 0.497 e. The topological polar surface area (TPSA) is 44.2 Å². The first-order chi connectivity index (χ1) is 17.5. The average Bonchev–Trinajstić information content (AvgIpc) is 2.83. The molecule has 192 valence electrons. The maximum Gasteiger partial charge on any atom is 0.160 e. The molecule has 0 aliphatic rings. The van der Waals surface area contributed by atoms with Crippen LogP contribution in [0.15, 0.2) is 48.5 Å². The summed E-state index contributed by atoms with van der Waals surface area (Å²) >= 11 is 6.47. The molecule has 37 heavy (non-hydrogen) atoms. The van der Waals surface area contributed by atoms with Crippen LogP contribution in [0.25, 0.3) is 33.5 Å². The highest BCUT2D eigenvalue weighted by atomic mass is 35.5. The van der Waals surface area contributed by atoms with Gasteiger partial charge in [0.05, 0.1) is 27.9 Å². The lowest BCUT2D eigenvalue weighted by molar-refractivity contribution is 0.394. The van der Waals surface area contributed by atoms with Crippen molar-refractivity contribution in [2.75, 3.05) is 14.2 Å². The quantitative estimate of drug-likeness (QED) is 0.189. The summed E-state index contributed by atoms with van der Waals surface area (Å²) in [5, 5.41) is 7.49.